The predicted octanol–water partition coefficient (Wildman–Crippen LogP) is 1.66. The van der Waals surface area contributed by atoms with Crippen LogP contribution >= 0.6 is 11.6 Å². The minimum Gasteiger partial charge on any atom is -0.465 e. The van der Waals surface area contributed by atoms with Crippen LogP contribution in [0.5, 0.6) is 0 Å². The van der Waals surface area contributed by atoms with E-state index in [-0.39, 0.29) is 16.5 Å². The summed E-state index contributed by atoms with van der Waals surface area (Å²) < 4.78 is 42.6. The second-order valence-electron chi connectivity index (χ2n) is 3.64. The lowest BCUT2D eigenvalue weighted by Crippen LogP contribution is -2.33. The predicted molar refractivity (Wildman–Crippen MR) is 67.9 cm³/mol. The molecule has 106 valence electrons. The molecule has 0 amide bonds. The van der Waals surface area contributed by atoms with Gasteiger partial charge in [0, 0.05) is 7.05 Å². The van der Waals surface area contributed by atoms with Crippen LogP contribution < -0.4 is 0 Å². The molecule has 0 N–H and O–H groups in total. The molecule has 0 saturated carbocycles. The normalized spacial score (nSPS) is 11.6. The number of ether oxygens (including phenoxy) is 1. The quantitative estimate of drug-likeness (QED) is 0.776. The van der Waals surface area contributed by atoms with Crippen molar-refractivity contribution in [3.8, 4) is 0 Å². The number of sulfonamides is 1. The van der Waals surface area contributed by atoms with Crippen molar-refractivity contribution in [1.29, 1.82) is 0 Å². The van der Waals surface area contributed by atoms with Gasteiger partial charge < -0.3 is 4.74 Å². The van der Waals surface area contributed by atoms with Crippen molar-refractivity contribution < 1.29 is 22.3 Å². The van der Waals surface area contributed by atoms with E-state index in [0.29, 0.717) is 0 Å². The van der Waals surface area contributed by atoms with Gasteiger partial charge in [0.1, 0.15) is 12.4 Å². The van der Waals surface area contributed by atoms with Crippen molar-refractivity contribution >= 4 is 27.6 Å². The van der Waals surface area contributed by atoms with Gasteiger partial charge in [0.2, 0.25) is 10.0 Å². The summed E-state index contributed by atoms with van der Waals surface area (Å²) in [4.78, 5) is 11.0. The van der Waals surface area contributed by atoms with Crippen LogP contribution in [-0.4, -0.2) is 38.9 Å². The molecule has 8 heteroatoms. The van der Waals surface area contributed by atoms with E-state index in [2.05, 4.69) is 4.74 Å². The van der Waals surface area contributed by atoms with Crippen molar-refractivity contribution in [3.05, 3.63) is 29.0 Å². The lowest BCUT2D eigenvalue weighted by atomic mass is 10.3. The first-order valence-corrected chi connectivity index (χ1v) is 7.18. The molecule has 1 rings (SSSR count). The first-order valence-electron chi connectivity index (χ1n) is 5.36. The monoisotopic (exact) mass is 309 g/mol. The number of likely N-dealkylation sites (N-methyl/N-ethyl adjacent to an activating group) is 1. The van der Waals surface area contributed by atoms with Crippen LogP contribution in [0, 0.1) is 5.82 Å². The molecule has 0 heterocycles. The highest BCUT2D eigenvalue weighted by molar-refractivity contribution is 7.89. The summed E-state index contributed by atoms with van der Waals surface area (Å²) in [6.45, 7) is 1.35. The standard InChI is InChI=1S/C11H13ClFNO4S/c1-3-18-11(15)7-14(2)19(16,17)8-4-5-10(13)9(12)6-8/h4-6H,3,7H2,1-2H3. The first kappa shape index (κ1) is 15.9. The van der Waals surface area contributed by atoms with E-state index in [1.54, 1.807) is 6.92 Å². The highest BCUT2D eigenvalue weighted by Crippen LogP contribution is 2.21. The molecule has 0 aliphatic carbocycles. The number of esters is 1. The van der Waals surface area contributed by atoms with Crippen LogP contribution in [0.15, 0.2) is 23.1 Å². The smallest absolute Gasteiger partial charge is 0.321 e. The van der Waals surface area contributed by atoms with Crippen molar-refractivity contribution in [2.24, 2.45) is 0 Å². The molecule has 0 saturated heterocycles. The summed E-state index contributed by atoms with van der Waals surface area (Å²) >= 11 is 5.53. The molecule has 19 heavy (non-hydrogen) atoms. The number of rotatable bonds is 5. The minimum atomic E-state index is -3.91. The average Bonchev–Trinajstić information content (AvgIpc) is 2.32. The van der Waals surface area contributed by atoms with E-state index >= 15 is 0 Å². The highest BCUT2D eigenvalue weighted by Gasteiger charge is 2.24. The minimum absolute atomic E-state index is 0.162. The van der Waals surface area contributed by atoms with Gasteiger partial charge in [0.05, 0.1) is 16.5 Å². The van der Waals surface area contributed by atoms with Crippen molar-refractivity contribution in [2.75, 3.05) is 20.2 Å². The molecule has 0 radical (unpaired) electrons. The third-order valence-corrected chi connectivity index (χ3v) is 4.35. The fourth-order valence-electron chi connectivity index (χ4n) is 1.29. The second-order valence-corrected chi connectivity index (χ2v) is 6.09. The van der Waals surface area contributed by atoms with Crippen LogP contribution in [0.25, 0.3) is 0 Å². The highest BCUT2D eigenvalue weighted by atomic mass is 35.5. The zero-order valence-electron chi connectivity index (χ0n) is 10.4. The Morgan fingerprint density at radius 1 is 1.47 bits per heavy atom. The van der Waals surface area contributed by atoms with Crippen LogP contribution in [0.3, 0.4) is 0 Å². The molecule has 0 bridgehead atoms. The molecular formula is C11H13ClFNO4S. The van der Waals surface area contributed by atoms with E-state index in [4.69, 9.17) is 11.6 Å². The summed E-state index contributed by atoms with van der Waals surface area (Å²) in [6.07, 6.45) is 0. The van der Waals surface area contributed by atoms with Gasteiger partial charge >= 0.3 is 5.97 Å². The van der Waals surface area contributed by atoms with Crippen LogP contribution in [-0.2, 0) is 19.6 Å². The first-order chi connectivity index (χ1) is 8.78. The number of hydrogen-bond acceptors (Lipinski definition) is 4. The van der Waals surface area contributed by atoms with Crippen molar-refractivity contribution in [2.45, 2.75) is 11.8 Å². The maximum absolute atomic E-state index is 13.0. The summed E-state index contributed by atoms with van der Waals surface area (Å²) in [6, 6.07) is 3.03. The molecule has 0 unspecified atom stereocenters. The van der Waals surface area contributed by atoms with Gasteiger partial charge in [-0.25, -0.2) is 12.8 Å². The molecule has 1 aromatic rings. The van der Waals surface area contributed by atoms with Gasteiger partial charge in [0.25, 0.3) is 0 Å². The van der Waals surface area contributed by atoms with Gasteiger partial charge in [-0.05, 0) is 25.1 Å². The van der Waals surface area contributed by atoms with E-state index in [0.717, 1.165) is 22.5 Å². The molecule has 0 aromatic heterocycles. The average molecular weight is 310 g/mol. The fourth-order valence-corrected chi connectivity index (χ4v) is 2.68. The Balaban J connectivity index is 2.96. The number of carbonyl (C=O) groups is 1. The van der Waals surface area contributed by atoms with E-state index in [1.807, 2.05) is 0 Å². The zero-order chi connectivity index (χ0) is 14.6. The number of halogens is 2. The second kappa shape index (κ2) is 6.31. The van der Waals surface area contributed by atoms with E-state index in [1.165, 1.54) is 7.05 Å². The Morgan fingerprint density at radius 3 is 2.63 bits per heavy atom. The molecule has 1 aromatic carbocycles. The lowest BCUT2D eigenvalue weighted by molar-refractivity contribution is -0.143. The summed E-state index contributed by atoms with van der Waals surface area (Å²) in [5.74, 6) is -1.38. The summed E-state index contributed by atoms with van der Waals surface area (Å²) in [7, 11) is -2.68. The lowest BCUT2D eigenvalue weighted by Gasteiger charge is -2.16. The van der Waals surface area contributed by atoms with Gasteiger partial charge in [0.15, 0.2) is 0 Å². The van der Waals surface area contributed by atoms with Crippen LogP contribution in [0.2, 0.25) is 5.02 Å². The summed E-state index contributed by atoms with van der Waals surface area (Å²) in [5.41, 5.74) is 0. The largest absolute Gasteiger partial charge is 0.465 e. The zero-order valence-corrected chi connectivity index (χ0v) is 12.0. The number of benzene rings is 1. The number of carbonyl (C=O) groups excluding carboxylic acids is 1. The Bertz CT molecular complexity index is 576. The van der Waals surface area contributed by atoms with E-state index < -0.39 is 28.4 Å². The molecule has 0 spiro atoms. The SMILES string of the molecule is CCOC(=O)CN(C)S(=O)(=O)c1ccc(F)c(Cl)c1. The maximum Gasteiger partial charge on any atom is 0.321 e. The van der Waals surface area contributed by atoms with Crippen molar-refractivity contribution in [1.82, 2.24) is 4.31 Å². The Kier molecular flexibility index (Phi) is 5.28. The molecule has 0 fully saturated rings. The van der Waals surface area contributed by atoms with E-state index in [9.17, 15) is 17.6 Å². The molecule has 0 aliphatic rings. The fraction of sp³-hybridized carbons (Fsp3) is 0.364. The molecule has 5 nitrogen and oxygen atoms in total. The topological polar surface area (TPSA) is 63.7 Å². The summed E-state index contributed by atoms with van der Waals surface area (Å²) in [5, 5.41) is -0.300. The Morgan fingerprint density at radius 2 is 2.11 bits per heavy atom. The maximum atomic E-state index is 13.0. The number of nitrogens with zero attached hydrogens (tertiary/aromatic N) is 1. The Labute approximate surface area is 116 Å². The Hall–Kier alpha value is -1.18. The van der Waals surface area contributed by atoms with Crippen LogP contribution in [0.4, 0.5) is 4.39 Å². The number of hydrogen-bond donors (Lipinski definition) is 0. The van der Waals surface area contributed by atoms with Gasteiger partial charge in [-0.1, -0.05) is 11.6 Å². The molecule has 0 atom stereocenters. The van der Waals surface area contributed by atoms with Crippen molar-refractivity contribution in [3.63, 3.8) is 0 Å². The van der Waals surface area contributed by atoms with Gasteiger partial charge in [-0.2, -0.15) is 4.31 Å². The molecule has 0 aliphatic heterocycles. The van der Waals surface area contributed by atoms with Gasteiger partial charge in [-0.3, -0.25) is 4.79 Å². The third-order valence-electron chi connectivity index (χ3n) is 2.26. The van der Waals surface area contributed by atoms with Crippen LogP contribution in [0.1, 0.15) is 6.92 Å². The van der Waals surface area contributed by atoms with Gasteiger partial charge in [-0.15, -0.1) is 0 Å². The molecular weight excluding hydrogens is 297 g/mol. The third kappa shape index (κ3) is 3.89.